The molecular weight excluding hydrogens is 382 g/mol. The highest BCUT2D eigenvalue weighted by molar-refractivity contribution is 5.92. The number of nitrogens with zero attached hydrogens (tertiary/aromatic N) is 6. The van der Waals surface area contributed by atoms with E-state index in [-0.39, 0.29) is 5.95 Å². The molecule has 4 heterocycles. The highest BCUT2D eigenvalue weighted by Crippen LogP contribution is 2.30. The first-order chi connectivity index (χ1) is 14.7. The fourth-order valence-electron chi connectivity index (χ4n) is 3.51. The summed E-state index contributed by atoms with van der Waals surface area (Å²) >= 11 is 0. The summed E-state index contributed by atoms with van der Waals surface area (Å²) in [4.78, 5) is 31.1. The Morgan fingerprint density at radius 3 is 2.43 bits per heavy atom. The second-order valence-corrected chi connectivity index (χ2v) is 6.93. The monoisotopic (exact) mass is 401 g/mol. The lowest BCUT2D eigenvalue weighted by Gasteiger charge is -2.27. The minimum absolute atomic E-state index is 0.213. The average Bonchev–Trinajstić information content (AvgIpc) is 3.24. The van der Waals surface area contributed by atoms with Crippen LogP contribution < -0.4 is 10.6 Å². The molecule has 5 rings (SSSR count). The first-order valence-electron chi connectivity index (χ1n) is 9.58. The molecule has 30 heavy (non-hydrogen) atoms. The van der Waals surface area contributed by atoms with Crippen LogP contribution in [0, 0.1) is 0 Å². The van der Waals surface area contributed by atoms with Gasteiger partial charge in [0.1, 0.15) is 6.29 Å². The smallest absolute Gasteiger partial charge is 0.228 e. The number of morpholine rings is 1. The standard InChI is InChI=1S/C21H19N7O2/c22-20-23-11-15(12-24-20)18-17-5-6-28(16-3-1-14(13-29)2-4-16)19(17)26-21(25-18)27-7-9-30-10-8-27/h1-6,11-13H,7-10H2,(H2,22,23,24). The van der Waals surface area contributed by atoms with Gasteiger partial charge in [0.15, 0.2) is 5.65 Å². The van der Waals surface area contributed by atoms with Gasteiger partial charge in [-0.15, -0.1) is 0 Å². The van der Waals surface area contributed by atoms with Crippen LogP contribution in [0.3, 0.4) is 0 Å². The number of hydrogen-bond donors (Lipinski definition) is 1. The molecule has 0 radical (unpaired) electrons. The van der Waals surface area contributed by atoms with E-state index >= 15 is 0 Å². The fraction of sp³-hybridized carbons (Fsp3) is 0.190. The number of benzene rings is 1. The van der Waals surface area contributed by atoms with Crippen LogP contribution in [0.4, 0.5) is 11.9 Å². The minimum atomic E-state index is 0.213. The van der Waals surface area contributed by atoms with Gasteiger partial charge in [-0.3, -0.25) is 4.79 Å². The van der Waals surface area contributed by atoms with E-state index in [4.69, 9.17) is 20.4 Å². The number of fused-ring (bicyclic) bond motifs is 1. The maximum absolute atomic E-state index is 11.0. The van der Waals surface area contributed by atoms with E-state index in [1.54, 1.807) is 24.5 Å². The van der Waals surface area contributed by atoms with Crippen LogP contribution in [-0.2, 0) is 4.74 Å². The van der Waals surface area contributed by atoms with Crippen LogP contribution in [0.5, 0.6) is 0 Å². The summed E-state index contributed by atoms with van der Waals surface area (Å²) in [5.41, 5.74) is 9.46. The normalized spacial score (nSPS) is 14.2. The topological polar surface area (TPSA) is 112 Å². The summed E-state index contributed by atoms with van der Waals surface area (Å²) in [5.74, 6) is 0.840. The van der Waals surface area contributed by atoms with Crippen LogP contribution >= 0.6 is 0 Å². The Hall–Kier alpha value is -3.85. The number of carbonyl (C=O) groups excluding carboxylic acids is 1. The van der Waals surface area contributed by atoms with Gasteiger partial charge in [-0.25, -0.2) is 15.0 Å². The highest BCUT2D eigenvalue weighted by Gasteiger charge is 2.20. The molecule has 0 bridgehead atoms. The van der Waals surface area contributed by atoms with Crippen LogP contribution in [0.25, 0.3) is 28.0 Å². The van der Waals surface area contributed by atoms with Gasteiger partial charge in [0.2, 0.25) is 11.9 Å². The summed E-state index contributed by atoms with van der Waals surface area (Å²) in [6.45, 7) is 2.71. The summed E-state index contributed by atoms with van der Waals surface area (Å²) in [6.07, 6.45) is 6.11. The van der Waals surface area contributed by atoms with Gasteiger partial charge < -0.3 is 19.9 Å². The highest BCUT2D eigenvalue weighted by atomic mass is 16.5. The Balaban J connectivity index is 1.70. The van der Waals surface area contributed by atoms with Crippen molar-refractivity contribution in [3.63, 3.8) is 0 Å². The molecule has 9 nitrogen and oxygen atoms in total. The molecule has 1 aliphatic rings. The van der Waals surface area contributed by atoms with Crippen molar-refractivity contribution in [2.45, 2.75) is 0 Å². The molecule has 2 N–H and O–H groups in total. The Kier molecular flexibility index (Phi) is 4.56. The van der Waals surface area contributed by atoms with Crippen LogP contribution in [-0.4, -0.2) is 57.1 Å². The number of aromatic nitrogens is 5. The first-order valence-corrected chi connectivity index (χ1v) is 9.58. The molecule has 3 aromatic heterocycles. The van der Waals surface area contributed by atoms with Gasteiger partial charge in [0, 0.05) is 53.9 Å². The van der Waals surface area contributed by atoms with Crippen molar-refractivity contribution in [2.24, 2.45) is 0 Å². The molecule has 4 aromatic rings. The zero-order valence-corrected chi connectivity index (χ0v) is 16.1. The fourth-order valence-corrected chi connectivity index (χ4v) is 3.51. The van der Waals surface area contributed by atoms with Gasteiger partial charge >= 0.3 is 0 Å². The van der Waals surface area contributed by atoms with Gasteiger partial charge in [0.25, 0.3) is 0 Å². The molecule has 0 unspecified atom stereocenters. The average molecular weight is 401 g/mol. The molecule has 0 saturated carbocycles. The number of nitrogens with two attached hydrogens (primary N) is 1. The summed E-state index contributed by atoms with van der Waals surface area (Å²) in [7, 11) is 0. The van der Waals surface area contributed by atoms with Crippen molar-refractivity contribution >= 4 is 29.2 Å². The van der Waals surface area contributed by atoms with E-state index in [2.05, 4.69) is 14.9 Å². The molecule has 9 heteroatoms. The van der Waals surface area contributed by atoms with E-state index < -0.39 is 0 Å². The Labute approximate surface area is 172 Å². The lowest BCUT2D eigenvalue weighted by atomic mass is 10.2. The predicted molar refractivity (Wildman–Crippen MR) is 113 cm³/mol. The van der Waals surface area contributed by atoms with Crippen molar-refractivity contribution in [2.75, 3.05) is 36.9 Å². The van der Waals surface area contributed by atoms with Crippen molar-refractivity contribution in [3.8, 4) is 16.9 Å². The van der Waals surface area contributed by atoms with E-state index in [0.29, 0.717) is 24.7 Å². The maximum atomic E-state index is 11.0. The molecule has 1 saturated heterocycles. The summed E-state index contributed by atoms with van der Waals surface area (Å²) in [5, 5.41) is 0.875. The Bertz CT molecular complexity index is 1200. The third kappa shape index (κ3) is 3.25. The van der Waals surface area contributed by atoms with Crippen molar-refractivity contribution < 1.29 is 9.53 Å². The van der Waals surface area contributed by atoms with Crippen molar-refractivity contribution in [3.05, 3.63) is 54.5 Å². The van der Waals surface area contributed by atoms with E-state index in [9.17, 15) is 4.79 Å². The molecule has 0 spiro atoms. The second-order valence-electron chi connectivity index (χ2n) is 6.93. The molecule has 0 atom stereocenters. The van der Waals surface area contributed by atoms with E-state index in [1.165, 1.54) is 0 Å². The molecule has 150 valence electrons. The van der Waals surface area contributed by atoms with Gasteiger partial charge in [-0.2, -0.15) is 4.98 Å². The predicted octanol–water partition coefficient (Wildman–Crippen LogP) is 2.11. The lowest BCUT2D eigenvalue weighted by Crippen LogP contribution is -2.37. The number of carbonyl (C=O) groups is 1. The third-order valence-electron chi connectivity index (χ3n) is 5.08. The van der Waals surface area contributed by atoms with Crippen LogP contribution in [0.1, 0.15) is 10.4 Å². The third-order valence-corrected chi connectivity index (χ3v) is 5.08. The van der Waals surface area contributed by atoms with Crippen molar-refractivity contribution in [1.29, 1.82) is 0 Å². The lowest BCUT2D eigenvalue weighted by molar-refractivity contribution is 0.112. The van der Waals surface area contributed by atoms with Crippen LogP contribution in [0.15, 0.2) is 48.9 Å². The van der Waals surface area contributed by atoms with Gasteiger partial charge in [-0.1, -0.05) is 0 Å². The molecular formula is C21H19N7O2. The second kappa shape index (κ2) is 7.53. The summed E-state index contributed by atoms with van der Waals surface area (Å²) in [6, 6.07) is 9.33. The largest absolute Gasteiger partial charge is 0.378 e. The molecule has 1 aromatic carbocycles. The molecule has 0 aliphatic carbocycles. The minimum Gasteiger partial charge on any atom is -0.378 e. The first kappa shape index (κ1) is 18.2. The SMILES string of the molecule is Nc1ncc(-c2nc(N3CCOCC3)nc3c2ccn3-c2ccc(C=O)cc2)cn1. The van der Waals surface area contributed by atoms with Crippen LogP contribution in [0.2, 0.25) is 0 Å². The van der Waals surface area contributed by atoms with E-state index in [1.807, 2.05) is 29.0 Å². The molecule has 1 aliphatic heterocycles. The van der Waals surface area contributed by atoms with Gasteiger partial charge in [-0.05, 0) is 30.3 Å². The van der Waals surface area contributed by atoms with Gasteiger partial charge in [0.05, 0.1) is 18.9 Å². The zero-order chi connectivity index (χ0) is 20.5. The Morgan fingerprint density at radius 1 is 1.00 bits per heavy atom. The quantitative estimate of drug-likeness (QED) is 0.518. The summed E-state index contributed by atoms with van der Waals surface area (Å²) < 4.78 is 7.46. The number of aldehydes is 1. The molecule has 0 amide bonds. The molecule has 1 fully saturated rings. The Morgan fingerprint density at radius 2 is 1.73 bits per heavy atom. The number of nitrogen functional groups attached to an aromatic ring is 1. The van der Waals surface area contributed by atoms with Crippen molar-refractivity contribution in [1.82, 2.24) is 24.5 Å². The number of ether oxygens (including phenoxy) is 1. The number of hydrogen-bond acceptors (Lipinski definition) is 8. The zero-order valence-electron chi connectivity index (χ0n) is 16.1. The number of rotatable bonds is 4. The van der Waals surface area contributed by atoms with E-state index in [0.717, 1.165) is 47.4 Å². The number of anilines is 2. The maximum Gasteiger partial charge on any atom is 0.228 e.